The van der Waals surface area contributed by atoms with Gasteiger partial charge in [-0.1, -0.05) is 59.7 Å². The average molecular weight is 501 g/mol. The number of allylic oxidation sites excluding steroid dienone is 2. The van der Waals surface area contributed by atoms with E-state index in [9.17, 15) is 18.0 Å². The molecule has 2 atom stereocenters. The smallest absolute Gasteiger partial charge is 0.416 e. The van der Waals surface area contributed by atoms with Gasteiger partial charge in [0, 0.05) is 32.2 Å². The highest BCUT2D eigenvalue weighted by molar-refractivity contribution is 5.99. The quantitative estimate of drug-likeness (QED) is 0.481. The molecular formula is C28H31F3N2O3. The minimum Gasteiger partial charge on any atom is -0.464 e. The number of methoxy groups -OCH3 is 1. The number of nitrogens with one attached hydrogen (secondary N) is 1. The summed E-state index contributed by atoms with van der Waals surface area (Å²) in [4.78, 5) is 15.1. The summed E-state index contributed by atoms with van der Waals surface area (Å²) < 4.78 is 53.3. The molecule has 4 rings (SSSR count). The number of ether oxygens (including phenoxy) is 2. The van der Waals surface area contributed by atoms with Gasteiger partial charge in [-0.05, 0) is 44.4 Å². The molecule has 2 aromatic rings. The van der Waals surface area contributed by atoms with Crippen molar-refractivity contribution in [2.24, 2.45) is 0 Å². The molecule has 0 saturated carbocycles. The third kappa shape index (κ3) is 5.34. The largest absolute Gasteiger partial charge is 0.464 e. The molecular weight excluding hydrogens is 469 g/mol. The van der Waals surface area contributed by atoms with E-state index in [1.165, 1.54) is 18.1 Å². The van der Waals surface area contributed by atoms with Crippen molar-refractivity contribution in [2.75, 3.05) is 13.7 Å². The van der Waals surface area contributed by atoms with E-state index < -0.39 is 29.6 Å². The lowest BCUT2D eigenvalue weighted by molar-refractivity contribution is -0.177. The Bertz CT molecular complexity index is 1140. The van der Waals surface area contributed by atoms with Crippen LogP contribution in [0.1, 0.15) is 36.0 Å². The number of carbonyl (C=O) groups is 1. The number of amides is 1. The Balaban J connectivity index is 1.68. The predicted molar refractivity (Wildman–Crippen MR) is 131 cm³/mol. The first-order valence-corrected chi connectivity index (χ1v) is 12.0. The number of rotatable bonds is 8. The van der Waals surface area contributed by atoms with Crippen molar-refractivity contribution < 1.29 is 27.4 Å². The standard InChI is InChI=1S/C28H31F3N2O3/c1-19-8-12-21(13-9-19)18-32-26(35-3)27(36-22-14-10-20(2)11-15-22)16-5-17-33(27)25(34)23-6-4-7-24(23)28(29,30)31/h6-15,26,32H,4-5,16-18H2,1-3H3. The molecule has 1 aliphatic carbocycles. The summed E-state index contributed by atoms with van der Waals surface area (Å²) in [5.41, 5.74) is 0.593. The fourth-order valence-corrected chi connectivity index (χ4v) is 4.81. The fraction of sp³-hybridized carbons (Fsp3) is 0.393. The van der Waals surface area contributed by atoms with Crippen LogP contribution >= 0.6 is 0 Å². The summed E-state index contributed by atoms with van der Waals surface area (Å²) >= 11 is 0. The van der Waals surface area contributed by atoms with E-state index in [-0.39, 0.29) is 18.5 Å². The van der Waals surface area contributed by atoms with E-state index in [2.05, 4.69) is 5.32 Å². The maximum absolute atomic E-state index is 13.7. The second-order valence-electron chi connectivity index (χ2n) is 9.27. The predicted octanol–water partition coefficient (Wildman–Crippen LogP) is 5.58. The summed E-state index contributed by atoms with van der Waals surface area (Å²) in [7, 11) is 1.50. The second kappa shape index (κ2) is 10.5. The molecule has 1 N–H and O–H groups in total. The fourth-order valence-electron chi connectivity index (χ4n) is 4.81. The first-order valence-electron chi connectivity index (χ1n) is 12.0. The third-order valence-corrected chi connectivity index (χ3v) is 6.66. The molecule has 1 heterocycles. The van der Waals surface area contributed by atoms with Gasteiger partial charge in [-0.25, -0.2) is 0 Å². The summed E-state index contributed by atoms with van der Waals surface area (Å²) in [6.07, 6.45) is -2.01. The summed E-state index contributed by atoms with van der Waals surface area (Å²) in [5.74, 6) is -0.202. The van der Waals surface area contributed by atoms with Crippen LogP contribution in [0, 0.1) is 13.8 Å². The van der Waals surface area contributed by atoms with E-state index in [0.29, 0.717) is 25.1 Å². The van der Waals surface area contributed by atoms with Crippen LogP contribution in [-0.4, -0.2) is 42.6 Å². The van der Waals surface area contributed by atoms with Gasteiger partial charge in [-0.2, -0.15) is 13.2 Å². The Hall–Kier alpha value is -3.10. The van der Waals surface area contributed by atoms with Gasteiger partial charge in [0.2, 0.25) is 5.72 Å². The maximum Gasteiger partial charge on any atom is 0.416 e. The number of carbonyl (C=O) groups excluding carboxylic acids is 1. The Kier molecular flexibility index (Phi) is 7.57. The lowest BCUT2D eigenvalue weighted by Crippen LogP contribution is -2.64. The van der Waals surface area contributed by atoms with Gasteiger partial charge in [0.25, 0.3) is 5.91 Å². The van der Waals surface area contributed by atoms with Crippen LogP contribution < -0.4 is 10.1 Å². The van der Waals surface area contributed by atoms with Crippen molar-refractivity contribution in [3.63, 3.8) is 0 Å². The van der Waals surface area contributed by atoms with E-state index in [1.54, 1.807) is 12.1 Å². The number of aryl methyl sites for hydroxylation is 2. The lowest BCUT2D eigenvalue weighted by atomic mass is 10.0. The van der Waals surface area contributed by atoms with Gasteiger partial charge in [0.15, 0.2) is 6.23 Å². The number of hydrogen-bond acceptors (Lipinski definition) is 4. The van der Waals surface area contributed by atoms with Crippen molar-refractivity contribution in [1.82, 2.24) is 10.2 Å². The van der Waals surface area contributed by atoms with Crippen molar-refractivity contribution >= 4 is 5.91 Å². The van der Waals surface area contributed by atoms with Gasteiger partial charge in [0.05, 0.1) is 5.57 Å². The van der Waals surface area contributed by atoms with Crippen molar-refractivity contribution in [2.45, 2.75) is 57.8 Å². The number of halogens is 3. The highest BCUT2D eigenvalue weighted by atomic mass is 19.4. The molecule has 1 amide bonds. The van der Waals surface area contributed by atoms with Crippen molar-refractivity contribution in [1.29, 1.82) is 0 Å². The van der Waals surface area contributed by atoms with Crippen LogP contribution in [0.5, 0.6) is 5.75 Å². The monoisotopic (exact) mass is 500 g/mol. The molecule has 5 nitrogen and oxygen atoms in total. The van der Waals surface area contributed by atoms with E-state index in [4.69, 9.17) is 9.47 Å². The van der Waals surface area contributed by atoms with Crippen LogP contribution in [0.2, 0.25) is 0 Å². The number of hydrogen-bond donors (Lipinski definition) is 1. The van der Waals surface area contributed by atoms with Crippen LogP contribution in [-0.2, 0) is 16.1 Å². The Labute approximate surface area is 209 Å². The topological polar surface area (TPSA) is 50.8 Å². The molecule has 1 saturated heterocycles. The molecule has 1 fully saturated rings. The lowest BCUT2D eigenvalue weighted by Gasteiger charge is -2.43. The number of alkyl halides is 3. The normalized spacial score (nSPS) is 20.8. The molecule has 1 aliphatic heterocycles. The number of likely N-dealkylation sites (tertiary alicyclic amines) is 1. The Morgan fingerprint density at radius 1 is 1.06 bits per heavy atom. The minimum absolute atomic E-state index is 0.0644. The molecule has 0 aromatic heterocycles. The zero-order chi connectivity index (χ0) is 25.9. The molecule has 2 unspecified atom stereocenters. The zero-order valence-electron chi connectivity index (χ0n) is 20.7. The van der Waals surface area contributed by atoms with E-state index in [1.807, 2.05) is 50.2 Å². The zero-order valence-corrected chi connectivity index (χ0v) is 20.7. The Morgan fingerprint density at radius 2 is 1.69 bits per heavy atom. The second-order valence-corrected chi connectivity index (χ2v) is 9.27. The molecule has 36 heavy (non-hydrogen) atoms. The van der Waals surface area contributed by atoms with E-state index >= 15 is 0 Å². The van der Waals surface area contributed by atoms with Gasteiger partial charge >= 0.3 is 6.18 Å². The van der Waals surface area contributed by atoms with Crippen molar-refractivity contribution in [3.8, 4) is 5.75 Å². The first kappa shape index (κ1) is 26.0. The summed E-state index contributed by atoms with van der Waals surface area (Å²) in [5, 5.41) is 3.34. The highest BCUT2D eigenvalue weighted by Gasteiger charge is 2.54. The summed E-state index contributed by atoms with van der Waals surface area (Å²) in [6.45, 7) is 4.63. The van der Waals surface area contributed by atoms with Crippen molar-refractivity contribution in [3.05, 3.63) is 88.5 Å². The molecule has 0 radical (unpaired) electrons. The maximum atomic E-state index is 13.7. The van der Waals surface area contributed by atoms with Crippen LogP contribution in [0.3, 0.4) is 0 Å². The van der Waals surface area contributed by atoms with E-state index in [0.717, 1.165) is 22.8 Å². The number of benzene rings is 2. The minimum atomic E-state index is -4.61. The molecule has 192 valence electrons. The first-order chi connectivity index (χ1) is 17.1. The SMILES string of the molecule is COC(NCc1ccc(C)cc1)C1(Oc2ccc(C)cc2)CCCN1C(=O)C1=CCC=C1C(F)(F)F. The molecule has 0 spiro atoms. The molecule has 0 bridgehead atoms. The average Bonchev–Trinajstić information content (AvgIpc) is 3.50. The van der Waals surface area contributed by atoms with Gasteiger partial charge in [-0.3, -0.25) is 15.0 Å². The van der Waals surface area contributed by atoms with Gasteiger partial charge in [-0.15, -0.1) is 0 Å². The molecule has 2 aromatic carbocycles. The van der Waals surface area contributed by atoms with Crippen LogP contribution in [0.15, 0.2) is 71.8 Å². The van der Waals surface area contributed by atoms with Crippen LogP contribution in [0.4, 0.5) is 13.2 Å². The highest BCUT2D eigenvalue weighted by Crippen LogP contribution is 2.41. The van der Waals surface area contributed by atoms with Gasteiger partial charge < -0.3 is 9.47 Å². The Morgan fingerprint density at radius 3 is 2.31 bits per heavy atom. The third-order valence-electron chi connectivity index (χ3n) is 6.66. The summed E-state index contributed by atoms with van der Waals surface area (Å²) in [6, 6.07) is 15.3. The molecule has 2 aliphatic rings. The van der Waals surface area contributed by atoms with Crippen LogP contribution in [0.25, 0.3) is 0 Å². The number of nitrogens with zero attached hydrogens (tertiary/aromatic N) is 1. The van der Waals surface area contributed by atoms with Gasteiger partial charge in [0.1, 0.15) is 5.75 Å². The molecule has 8 heteroatoms.